The number of carbonyl (C=O) groups excluding carboxylic acids is 1. The van der Waals surface area contributed by atoms with Gasteiger partial charge in [-0.25, -0.2) is 4.39 Å². The summed E-state index contributed by atoms with van der Waals surface area (Å²) in [6.07, 6.45) is -14.7. The van der Waals surface area contributed by atoms with E-state index in [0.29, 0.717) is 17.0 Å². The number of alkyl halides is 10. The highest BCUT2D eigenvalue weighted by molar-refractivity contribution is 9.53. The van der Waals surface area contributed by atoms with Crippen LogP contribution < -0.4 is 10.6 Å². The highest BCUT2D eigenvalue weighted by Gasteiger charge is 2.92. The van der Waals surface area contributed by atoms with Crippen molar-refractivity contribution in [3.05, 3.63) is 54.1 Å². The number of carbonyl (C=O) groups is 1. The topological polar surface area (TPSA) is 63.4 Å². The molecule has 0 saturated carbocycles. The first kappa shape index (κ1) is 27.9. The summed E-state index contributed by atoms with van der Waals surface area (Å²) < 4.78 is 152. The third-order valence-electron chi connectivity index (χ3n) is 4.78. The fourth-order valence-corrected chi connectivity index (χ4v) is 7.58. The van der Waals surface area contributed by atoms with Gasteiger partial charge in [0, 0.05) is 33.1 Å². The number of halogens is 11. The van der Waals surface area contributed by atoms with Gasteiger partial charge in [-0.15, -0.1) is 0 Å². The lowest BCUT2D eigenvalue weighted by atomic mass is 10.1. The third kappa shape index (κ3) is 3.74. The van der Waals surface area contributed by atoms with Crippen LogP contribution in [0.25, 0.3) is 0 Å². The molecule has 1 amide bonds. The lowest BCUT2D eigenvalue weighted by molar-refractivity contribution is -0.308. The van der Waals surface area contributed by atoms with Crippen LogP contribution in [-0.4, -0.2) is 40.0 Å². The zero-order valence-corrected chi connectivity index (χ0v) is 18.9. The Bertz CT molecular complexity index is 1160. The van der Waals surface area contributed by atoms with E-state index in [1.165, 1.54) is 0 Å². The Morgan fingerprint density at radius 1 is 0.882 bits per heavy atom. The molecule has 0 aliphatic heterocycles. The number of amides is 1. The molecule has 16 heteroatoms. The van der Waals surface area contributed by atoms with Crippen molar-refractivity contribution in [1.29, 1.82) is 0 Å². The van der Waals surface area contributed by atoms with Gasteiger partial charge in [-0.3, -0.25) is 9.00 Å². The largest absolute Gasteiger partial charge is 0.467 e. The maximum Gasteiger partial charge on any atom is 0.467 e. The number of rotatable bonds is 5. The first-order valence-corrected chi connectivity index (χ1v) is 12.4. The zero-order chi connectivity index (χ0) is 26.6. The van der Waals surface area contributed by atoms with Crippen LogP contribution in [0.2, 0.25) is 0 Å². The Hall–Kier alpha value is -2.36. The molecule has 2 N–H and O–H groups in total. The Kier molecular flexibility index (Phi) is 6.64. The molecule has 34 heavy (non-hydrogen) atoms. The molecule has 0 bridgehead atoms. The number of nitrogens with two attached hydrogens (primary N) is 1. The van der Waals surface area contributed by atoms with E-state index in [0.717, 1.165) is 52.2 Å². The minimum atomic E-state index is -8.79. The molecule has 0 aliphatic carbocycles. The number of para-hydroxylation sites is 1. The van der Waals surface area contributed by atoms with Gasteiger partial charge in [0.2, 0.25) is 5.91 Å². The number of benzene rings is 2. The van der Waals surface area contributed by atoms with E-state index < -0.39 is 46.9 Å². The molecule has 2 rings (SSSR count). The molecule has 0 heterocycles. The maximum atomic E-state index is 15.1. The molecular weight excluding hydrogens is 578 g/mol. The van der Waals surface area contributed by atoms with Crippen molar-refractivity contribution in [2.24, 2.45) is 5.73 Å². The number of anilines is 2. The van der Waals surface area contributed by atoms with E-state index >= 15 is 4.39 Å². The van der Waals surface area contributed by atoms with E-state index in [9.17, 15) is 48.5 Å². The quantitative estimate of drug-likeness (QED) is 0.326. The van der Waals surface area contributed by atoms with Gasteiger partial charge in [0.05, 0.1) is 10.6 Å². The van der Waals surface area contributed by atoms with Crippen molar-refractivity contribution in [1.82, 2.24) is 0 Å². The van der Waals surface area contributed by atoms with Crippen molar-refractivity contribution >= 4 is 39.6 Å². The molecule has 0 unspecified atom stereocenters. The SMILES string of the molecule is CN(c1cccc(C(N)=O)c1)c1ccccc1S(=O)(Br)(C(F)(F)F)C(F)(C(F)(F)F)C(F)(F)F. The summed E-state index contributed by atoms with van der Waals surface area (Å²) in [6.45, 7) is 0. The minimum Gasteiger partial charge on any atom is -0.366 e. The maximum absolute atomic E-state index is 15.1. The van der Waals surface area contributed by atoms with Crippen molar-refractivity contribution in [2.45, 2.75) is 27.8 Å². The van der Waals surface area contributed by atoms with Gasteiger partial charge in [-0.2, -0.15) is 39.5 Å². The van der Waals surface area contributed by atoms with Crippen LogP contribution in [-0.2, 0) is 7.50 Å². The molecule has 0 radical (unpaired) electrons. The van der Waals surface area contributed by atoms with Crippen LogP contribution in [0.5, 0.6) is 0 Å². The molecule has 2 aromatic carbocycles. The summed E-state index contributed by atoms with van der Waals surface area (Å²) in [5, 5.41) is -7.29. The Morgan fingerprint density at radius 3 is 1.82 bits per heavy atom. The second kappa shape index (κ2) is 8.10. The number of primary amides is 1. The summed E-state index contributed by atoms with van der Waals surface area (Å²) in [6, 6.07) is 6.48. The van der Waals surface area contributed by atoms with Crippen LogP contribution in [0.1, 0.15) is 10.4 Å². The second-order valence-corrected chi connectivity index (χ2v) is 13.7. The number of nitrogens with zero attached hydrogens (tertiary/aromatic N) is 1. The highest BCUT2D eigenvalue weighted by atomic mass is 79.9. The summed E-state index contributed by atoms with van der Waals surface area (Å²) in [4.78, 5) is 9.80. The lowest BCUT2D eigenvalue weighted by Gasteiger charge is -2.49. The van der Waals surface area contributed by atoms with Gasteiger partial charge in [0.15, 0.2) is 0 Å². The smallest absolute Gasteiger partial charge is 0.366 e. The first-order valence-electron chi connectivity index (χ1n) is 8.61. The lowest BCUT2D eigenvalue weighted by Crippen LogP contribution is -2.70. The normalized spacial score (nSPS) is 14.9. The molecule has 0 atom stereocenters. The van der Waals surface area contributed by atoms with Gasteiger partial charge < -0.3 is 10.6 Å². The molecular formula is C18H13BrF10N2O2S. The average molecular weight is 591 g/mol. The fraction of sp³-hybridized carbons (Fsp3) is 0.278. The van der Waals surface area contributed by atoms with Gasteiger partial charge in [0.25, 0.3) is 0 Å². The van der Waals surface area contributed by atoms with Gasteiger partial charge in [0.1, 0.15) is 7.50 Å². The molecule has 0 saturated heterocycles. The summed E-state index contributed by atoms with van der Waals surface area (Å²) >= 11 is 1.15. The number of hydrogen-bond donors (Lipinski definition) is 1. The van der Waals surface area contributed by atoms with Crippen LogP contribution in [0.3, 0.4) is 0 Å². The van der Waals surface area contributed by atoms with Gasteiger partial charge in [-0.05, 0) is 30.3 Å². The van der Waals surface area contributed by atoms with Crippen molar-refractivity contribution in [3.63, 3.8) is 0 Å². The molecule has 0 aliphatic rings. The van der Waals surface area contributed by atoms with Crippen molar-refractivity contribution in [3.8, 4) is 0 Å². The third-order valence-corrected chi connectivity index (χ3v) is 11.7. The monoisotopic (exact) mass is 590 g/mol. The van der Waals surface area contributed by atoms with E-state index in [2.05, 4.69) is 0 Å². The van der Waals surface area contributed by atoms with Crippen LogP contribution in [0.4, 0.5) is 55.3 Å². The summed E-state index contributed by atoms with van der Waals surface area (Å²) in [5.74, 6) is -1.02. The minimum absolute atomic E-state index is 0.0344. The molecule has 0 spiro atoms. The standard InChI is InChI=1S/C18H13BrF10N2O2S/c1-31(11-6-4-5-10(9-11)14(30)32)12-7-2-3-8-13(12)34(19,33,18(27,28)29)15(20,16(21,22)23)17(24,25)26/h2-9H,1H3,(H2,30,32). The van der Waals surface area contributed by atoms with Gasteiger partial charge in [-0.1, -0.05) is 18.2 Å². The van der Waals surface area contributed by atoms with Crippen molar-refractivity contribution < 1.29 is 52.9 Å². The van der Waals surface area contributed by atoms with Crippen molar-refractivity contribution in [2.75, 3.05) is 11.9 Å². The highest BCUT2D eigenvalue weighted by Crippen LogP contribution is 2.72. The van der Waals surface area contributed by atoms with E-state index in [1.54, 1.807) is 0 Å². The molecule has 4 nitrogen and oxygen atoms in total. The molecule has 2 aromatic rings. The predicted octanol–water partition coefficient (Wildman–Crippen LogP) is 6.35. The zero-order valence-electron chi connectivity index (χ0n) is 16.5. The van der Waals surface area contributed by atoms with Crippen LogP contribution >= 0.6 is 14.8 Å². The van der Waals surface area contributed by atoms with Crippen LogP contribution in [0, 0.1) is 0 Å². The summed E-state index contributed by atoms with van der Waals surface area (Å²) in [5.41, 5.74) is -3.46. The average Bonchev–Trinajstić information content (AvgIpc) is 2.70. The molecule has 0 aromatic heterocycles. The van der Waals surface area contributed by atoms with E-state index in [4.69, 9.17) is 5.73 Å². The van der Waals surface area contributed by atoms with E-state index in [1.807, 2.05) is 0 Å². The van der Waals surface area contributed by atoms with Crippen LogP contribution in [0.15, 0.2) is 53.4 Å². The molecule has 190 valence electrons. The van der Waals surface area contributed by atoms with Gasteiger partial charge >= 0.3 is 22.9 Å². The number of hydrogen-bond acceptors (Lipinski definition) is 3. The second-order valence-electron chi connectivity index (χ2n) is 6.83. The fourth-order valence-electron chi connectivity index (χ4n) is 3.06. The molecule has 0 fully saturated rings. The Morgan fingerprint density at radius 2 is 1.38 bits per heavy atom. The predicted molar refractivity (Wildman–Crippen MR) is 107 cm³/mol. The summed E-state index contributed by atoms with van der Waals surface area (Å²) in [7, 11) is -7.90. The van der Waals surface area contributed by atoms with E-state index in [-0.39, 0.29) is 17.3 Å². The first-order chi connectivity index (χ1) is 15.1. The Balaban J connectivity index is 3.04. The Labute approximate surface area is 192 Å².